The van der Waals surface area contributed by atoms with Gasteiger partial charge in [0.1, 0.15) is 11.5 Å². The minimum Gasteiger partial charge on any atom is -0.494 e. The Balaban J connectivity index is 1.81. The number of benzene rings is 2. The van der Waals surface area contributed by atoms with Gasteiger partial charge in [-0.2, -0.15) is 0 Å². The summed E-state index contributed by atoms with van der Waals surface area (Å²) >= 11 is 0. The van der Waals surface area contributed by atoms with E-state index in [9.17, 15) is 4.79 Å². The summed E-state index contributed by atoms with van der Waals surface area (Å²) in [5, 5.41) is 2.95. The maximum atomic E-state index is 12.0. The summed E-state index contributed by atoms with van der Waals surface area (Å²) in [7, 11) is 0. The van der Waals surface area contributed by atoms with Gasteiger partial charge in [-0.15, -0.1) is 0 Å². The quantitative estimate of drug-likeness (QED) is 0.800. The van der Waals surface area contributed by atoms with Gasteiger partial charge in [-0.25, -0.2) is 0 Å². The van der Waals surface area contributed by atoms with Gasteiger partial charge in [-0.3, -0.25) is 4.79 Å². The van der Waals surface area contributed by atoms with Gasteiger partial charge in [0.25, 0.3) is 5.91 Å². The molecule has 0 radical (unpaired) electrons. The van der Waals surface area contributed by atoms with Gasteiger partial charge >= 0.3 is 0 Å². The molecule has 4 nitrogen and oxygen atoms in total. The Morgan fingerprint density at radius 1 is 0.958 bits per heavy atom. The zero-order chi connectivity index (χ0) is 17.4. The zero-order valence-electron chi connectivity index (χ0n) is 14.5. The lowest BCUT2D eigenvalue weighted by Gasteiger charge is -2.15. The van der Waals surface area contributed by atoms with Crippen molar-refractivity contribution in [2.24, 2.45) is 0 Å². The van der Waals surface area contributed by atoms with Gasteiger partial charge in [0.2, 0.25) is 0 Å². The first-order valence-electron chi connectivity index (χ1n) is 8.36. The lowest BCUT2D eigenvalue weighted by atomic mass is 10.1. The van der Waals surface area contributed by atoms with E-state index in [1.54, 1.807) is 12.1 Å². The predicted molar refractivity (Wildman–Crippen MR) is 95.5 cm³/mol. The van der Waals surface area contributed by atoms with E-state index in [0.717, 1.165) is 17.7 Å². The van der Waals surface area contributed by atoms with Crippen LogP contribution in [0.25, 0.3) is 0 Å². The molecule has 4 heteroatoms. The van der Waals surface area contributed by atoms with E-state index in [2.05, 4.69) is 36.5 Å². The molecule has 0 saturated heterocycles. The number of hydrogen-bond acceptors (Lipinski definition) is 3. The first-order valence-corrected chi connectivity index (χ1v) is 8.36. The Kier molecular flexibility index (Phi) is 6.67. The van der Waals surface area contributed by atoms with Crippen LogP contribution in [0.2, 0.25) is 0 Å². The molecule has 0 saturated carbocycles. The highest BCUT2D eigenvalue weighted by molar-refractivity contribution is 5.78. The van der Waals surface area contributed by atoms with Crippen LogP contribution < -0.4 is 14.8 Å². The number of aryl methyl sites for hydroxylation is 1. The number of carbonyl (C=O) groups is 1. The van der Waals surface area contributed by atoms with Crippen molar-refractivity contribution in [2.75, 3.05) is 13.2 Å². The smallest absolute Gasteiger partial charge is 0.258 e. The van der Waals surface area contributed by atoms with E-state index in [4.69, 9.17) is 9.47 Å². The minimum absolute atomic E-state index is 0.00857. The van der Waals surface area contributed by atoms with E-state index in [0.29, 0.717) is 12.4 Å². The lowest BCUT2D eigenvalue weighted by Crippen LogP contribution is -2.31. The van der Waals surface area contributed by atoms with Gasteiger partial charge in [0, 0.05) is 0 Å². The molecule has 2 rings (SSSR count). The van der Waals surface area contributed by atoms with Crippen molar-refractivity contribution in [1.29, 1.82) is 0 Å². The predicted octanol–water partition coefficient (Wildman–Crippen LogP) is 3.90. The van der Waals surface area contributed by atoms with Crippen LogP contribution in [0.3, 0.4) is 0 Å². The monoisotopic (exact) mass is 327 g/mol. The molecule has 1 atom stereocenters. The van der Waals surface area contributed by atoms with E-state index in [1.807, 2.05) is 26.0 Å². The molecule has 0 heterocycles. The average molecular weight is 327 g/mol. The summed E-state index contributed by atoms with van der Waals surface area (Å²) in [5.74, 6) is 1.29. The number of amides is 1. The first kappa shape index (κ1) is 17.9. The second kappa shape index (κ2) is 8.96. The van der Waals surface area contributed by atoms with Gasteiger partial charge < -0.3 is 14.8 Å². The van der Waals surface area contributed by atoms with Crippen molar-refractivity contribution in [3.05, 3.63) is 59.7 Å². The second-order valence-electron chi connectivity index (χ2n) is 5.58. The summed E-state index contributed by atoms with van der Waals surface area (Å²) in [6.07, 6.45) is 1.01. The topological polar surface area (TPSA) is 47.6 Å². The third-order valence-corrected chi connectivity index (χ3v) is 3.77. The lowest BCUT2D eigenvalue weighted by molar-refractivity contribution is -0.123. The maximum Gasteiger partial charge on any atom is 0.258 e. The standard InChI is InChI=1S/C20H25NO3/c1-4-16-6-8-17(9-7-16)15(3)21-20(22)14-24-19-12-10-18(11-13-19)23-5-2/h6-13,15H,4-5,14H2,1-3H3,(H,21,22). The van der Waals surface area contributed by atoms with Crippen molar-refractivity contribution in [3.63, 3.8) is 0 Å². The molecule has 0 spiro atoms. The van der Waals surface area contributed by atoms with Crippen LogP contribution in [0.1, 0.15) is 37.9 Å². The fourth-order valence-electron chi connectivity index (χ4n) is 2.36. The molecule has 1 unspecified atom stereocenters. The molecule has 0 bridgehead atoms. The van der Waals surface area contributed by atoms with Crippen LogP contribution in [0, 0.1) is 0 Å². The molecular weight excluding hydrogens is 302 g/mol. The fraction of sp³-hybridized carbons (Fsp3) is 0.350. The number of ether oxygens (including phenoxy) is 2. The van der Waals surface area contributed by atoms with Crippen molar-refractivity contribution in [1.82, 2.24) is 5.32 Å². The number of hydrogen-bond donors (Lipinski definition) is 1. The number of nitrogens with one attached hydrogen (secondary N) is 1. The molecular formula is C20H25NO3. The molecule has 0 aliphatic carbocycles. The maximum absolute atomic E-state index is 12.0. The Hall–Kier alpha value is -2.49. The summed E-state index contributed by atoms with van der Waals surface area (Å²) in [6, 6.07) is 15.5. The minimum atomic E-state index is -0.143. The van der Waals surface area contributed by atoms with Crippen LogP contribution in [0.5, 0.6) is 11.5 Å². The highest BCUT2D eigenvalue weighted by Gasteiger charge is 2.10. The molecule has 1 N–H and O–H groups in total. The van der Waals surface area contributed by atoms with E-state index >= 15 is 0 Å². The Morgan fingerprint density at radius 3 is 2.08 bits per heavy atom. The van der Waals surface area contributed by atoms with E-state index in [1.165, 1.54) is 5.56 Å². The number of carbonyl (C=O) groups excluding carboxylic acids is 1. The third kappa shape index (κ3) is 5.30. The highest BCUT2D eigenvalue weighted by atomic mass is 16.5. The van der Waals surface area contributed by atoms with Crippen LogP contribution in [-0.4, -0.2) is 19.1 Å². The normalized spacial score (nSPS) is 11.6. The molecule has 0 aliphatic rings. The van der Waals surface area contributed by atoms with Crippen molar-refractivity contribution >= 4 is 5.91 Å². The summed E-state index contributed by atoms with van der Waals surface area (Å²) < 4.78 is 10.9. The van der Waals surface area contributed by atoms with Crippen molar-refractivity contribution in [3.8, 4) is 11.5 Å². The van der Waals surface area contributed by atoms with Crippen molar-refractivity contribution < 1.29 is 14.3 Å². The number of rotatable bonds is 8. The van der Waals surface area contributed by atoms with Crippen LogP contribution in [0.15, 0.2) is 48.5 Å². The molecule has 0 fully saturated rings. The third-order valence-electron chi connectivity index (χ3n) is 3.77. The van der Waals surface area contributed by atoms with Crippen LogP contribution in [0.4, 0.5) is 0 Å². The molecule has 0 aliphatic heterocycles. The highest BCUT2D eigenvalue weighted by Crippen LogP contribution is 2.18. The summed E-state index contributed by atoms with van der Waals surface area (Å²) in [6.45, 7) is 6.64. The molecule has 2 aromatic carbocycles. The Labute approximate surface area is 143 Å². The first-order chi connectivity index (χ1) is 11.6. The van der Waals surface area contributed by atoms with E-state index < -0.39 is 0 Å². The fourth-order valence-corrected chi connectivity index (χ4v) is 2.36. The second-order valence-corrected chi connectivity index (χ2v) is 5.58. The largest absolute Gasteiger partial charge is 0.494 e. The van der Waals surface area contributed by atoms with Gasteiger partial charge in [-0.1, -0.05) is 31.2 Å². The van der Waals surface area contributed by atoms with Crippen LogP contribution >= 0.6 is 0 Å². The van der Waals surface area contributed by atoms with Gasteiger partial charge in [0.15, 0.2) is 6.61 Å². The summed E-state index contributed by atoms with van der Waals surface area (Å²) in [5.41, 5.74) is 2.37. The Bertz CT molecular complexity index is 635. The van der Waals surface area contributed by atoms with Gasteiger partial charge in [0.05, 0.1) is 12.6 Å². The van der Waals surface area contributed by atoms with Gasteiger partial charge in [-0.05, 0) is 55.7 Å². The van der Waals surface area contributed by atoms with Crippen LogP contribution in [-0.2, 0) is 11.2 Å². The Morgan fingerprint density at radius 2 is 1.54 bits per heavy atom. The molecule has 24 heavy (non-hydrogen) atoms. The molecule has 128 valence electrons. The molecule has 2 aromatic rings. The van der Waals surface area contributed by atoms with E-state index in [-0.39, 0.29) is 18.6 Å². The average Bonchev–Trinajstić information content (AvgIpc) is 2.61. The molecule has 0 aromatic heterocycles. The molecule has 1 amide bonds. The van der Waals surface area contributed by atoms with Crippen molar-refractivity contribution in [2.45, 2.75) is 33.2 Å². The summed E-state index contributed by atoms with van der Waals surface area (Å²) in [4.78, 5) is 12.0. The zero-order valence-corrected chi connectivity index (χ0v) is 14.5. The SMILES string of the molecule is CCOc1ccc(OCC(=O)NC(C)c2ccc(CC)cc2)cc1.